The van der Waals surface area contributed by atoms with E-state index in [0.717, 1.165) is 31.4 Å². The summed E-state index contributed by atoms with van der Waals surface area (Å²) < 4.78 is 71.2. The summed E-state index contributed by atoms with van der Waals surface area (Å²) in [5.74, 6) is -3.42. The van der Waals surface area contributed by atoms with Crippen LogP contribution in [-0.4, -0.2) is 74.5 Å². The molecule has 0 bridgehead atoms. The number of hydrogen-bond donors (Lipinski definition) is 2. The first-order chi connectivity index (χ1) is 17.7. The second-order valence-electron chi connectivity index (χ2n) is 8.59. The monoisotopic (exact) mass is 555 g/mol. The van der Waals surface area contributed by atoms with Gasteiger partial charge in [0.1, 0.15) is 12.1 Å². The molecule has 0 aromatic carbocycles. The maximum atomic E-state index is 10.6. The van der Waals surface area contributed by atoms with Crippen molar-refractivity contribution >= 4 is 17.8 Å². The smallest absolute Gasteiger partial charge is 0.475 e. The number of rotatable bonds is 5. The Bertz CT molecular complexity index is 1020. The van der Waals surface area contributed by atoms with Crippen LogP contribution in [0.25, 0.3) is 0 Å². The van der Waals surface area contributed by atoms with E-state index in [4.69, 9.17) is 29.6 Å². The van der Waals surface area contributed by atoms with Crippen LogP contribution in [0.15, 0.2) is 24.8 Å². The molecule has 0 spiro atoms. The molecule has 38 heavy (non-hydrogen) atoms. The SMILES string of the molecule is COCC1CN(c2ccncn2)Cc2cnn(CC3CCCC3)c21.O=C(O)C(F)(F)F.O=C(O)C(F)(F)F. The first-order valence-corrected chi connectivity index (χ1v) is 11.4. The van der Waals surface area contributed by atoms with E-state index in [0.29, 0.717) is 12.5 Å². The van der Waals surface area contributed by atoms with E-state index in [9.17, 15) is 26.3 Å². The lowest BCUT2D eigenvalue weighted by molar-refractivity contribution is -0.193. The summed E-state index contributed by atoms with van der Waals surface area (Å²) in [5.41, 5.74) is 2.67. The molecule has 1 aliphatic heterocycles. The number of halogens is 6. The number of fused-ring (bicyclic) bond motifs is 1. The molecule has 0 saturated heterocycles. The predicted molar refractivity (Wildman–Crippen MR) is 119 cm³/mol. The Balaban J connectivity index is 0.000000301. The van der Waals surface area contributed by atoms with Gasteiger partial charge >= 0.3 is 24.3 Å². The van der Waals surface area contributed by atoms with Crippen molar-refractivity contribution in [1.82, 2.24) is 19.7 Å². The number of ether oxygens (including phenoxy) is 1. The number of alkyl halides is 6. The van der Waals surface area contributed by atoms with Gasteiger partial charge in [0.2, 0.25) is 0 Å². The van der Waals surface area contributed by atoms with Crippen molar-refractivity contribution in [2.24, 2.45) is 5.92 Å². The Morgan fingerprint density at radius 3 is 2.13 bits per heavy atom. The standard InChI is InChI=1S/C18H25N5O.2C2HF3O2/c1-24-12-16-11-22(17-6-7-19-13-20-17)10-15-8-21-23(18(15)16)9-14-4-2-3-5-14;2*3-2(4,5)1(6)7/h6-8,13-14,16H,2-5,9-12H2,1H3;2*(H,6,7). The second kappa shape index (κ2) is 13.4. The third kappa shape index (κ3) is 9.15. The minimum Gasteiger partial charge on any atom is -0.475 e. The third-order valence-corrected chi connectivity index (χ3v) is 5.80. The highest BCUT2D eigenvalue weighted by Gasteiger charge is 2.39. The summed E-state index contributed by atoms with van der Waals surface area (Å²) in [4.78, 5) is 28.5. The molecular weight excluding hydrogens is 528 g/mol. The van der Waals surface area contributed by atoms with Gasteiger partial charge in [0.05, 0.1) is 18.5 Å². The van der Waals surface area contributed by atoms with Gasteiger partial charge in [-0.25, -0.2) is 19.6 Å². The Labute approximate surface area is 213 Å². The van der Waals surface area contributed by atoms with Gasteiger partial charge in [0.15, 0.2) is 0 Å². The molecule has 0 amide bonds. The van der Waals surface area contributed by atoms with E-state index in [1.807, 2.05) is 12.3 Å². The fourth-order valence-corrected chi connectivity index (χ4v) is 4.21. The van der Waals surface area contributed by atoms with Crippen molar-refractivity contribution < 1.29 is 50.9 Å². The van der Waals surface area contributed by atoms with Gasteiger partial charge < -0.3 is 19.8 Å². The Morgan fingerprint density at radius 1 is 1.08 bits per heavy atom. The number of hydrogen-bond acceptors (Lipinski definition) is 7. The van der Waals surface area contributed by atoms with Gasteiger partial charge in [-0.1, -0.05) is 12.8 Å². The first kappa shape index (κ1) is 30.8. The van der Waals surface area contributed by atoms with E-state index >= 15 is 0 Å². The van der Waals surface area contributed by atoms with Crippen molar-refractivity contribution in [2.75, 3.05) is 25.2 Å². The lowest BCUT2D eigenvalue weighted by Crippen LogP contribution is -2.37. The van der Waals surface area contributed by atoms with Crippen LogP contribution in [0.1, 0.15) is 42.9 Å². The van der Waals surface area contributed by atoms with Gasteiger partial charge in [-0.15, -0.1) is 0 Å². The second-order valence-corrected chi connectivity index (χ2v) is 8.59. The summed E-state index contributed by atoms with van der Waals surface area (Å²) >= 11 is 0. The van der Waals surface area contributed by atoms with Crippen LogP contribution in [0.4, 0.5) is 32.2 Å². The number of nitrogens with zero attached hydrogens (tertiary/aromatic N) is 5. The number of anilines is 1. The zero-order valence-electron chi connectivity index (χ0n) is 20.2. The highest BCUT2D eigenvalue weighted by Crippen LogP contribution is 2.33. The molecule has 0 radical (unpaired) electrons. The molecule has 1 fully saturated rings. The van der Waals surface area contributed by atoms with Gasteiger partial charge in [-0.3, -0.25) is 4.68 Å². The van der Waals surface area contributed by atoms with Crippen molar-refractivity contribution in [3.05, 3.63) is 36.0 Å². The number of carboxylic acid groups (broad SMARTS) is 2. The summed E-state index contributed by atoms with van der Waals surface area (Å²) in [6.45, 7) is 3.54. The number of aliphatic carboxylic acids is 2. The Kier molecular flexibility index (Phi) is 10.9. The van der Waals surface area contributed by atoms with Gasteiger partial charge in [-0.2, -0.15) is 31.4 Å². The van der Waals surface area contributed by atoms with Gasteiger partial charge in [-0.05, 0) is 24.8 Å². The average molecular weight is 555 g/mol. The highest BCUT2D eigenvalue weighted by molar-refractivity contribution is 5.73. The van der Waals surface area contributed by atoms with Crippen LogP contribution in [0.2, 0.25) is 0 Å². The quantitative estimate of drug-likeness (QED) is 0.528. The van der Waals surface area contributed by atoms with E-state index in [2.05, 4.69) is 19.5 Å². The molecule has 10 nitrogen and oxygen atoms in total. The molecule has 2 N–H and O–H groups in total. The number of methoxy groups -OCH3 is 1. The highest BCUT2D eigenvalue weighted by atomic mass is 19.4. The molecule has 3 heterocycles. The van der Waals surface area contributed by atoms with Crippen LogP contribution < -0.4 is 4.90 Å². The summed E-state index contributed by atoms with van der Waals surface area (Å²) in [5, 5.41) is 19.0. The molecule has 1 atom stereocenters. The summed E-state index contributed by atoms with van der Waals surface area (Å²) in [6, 6.07) is 1.97. The normalized spacial score (nSPS) is 17.6. The molecule has 1 unspecified atom stereocenters. The largest absolute Gasteiger partial charge is 0.490 e. The fraction of sp³-hybridized carbons (Fsp3) is 0.591. The topological polar surface area (TPSA) is 131 Å². The number of carbonyl (C=O) groups is 2. The van der Waals surface area contributed by atoms with Crippen LogP contribution in [0.5, 0.6) is 0 Å². The third-order valence-electron chi connectivity index (χ3n) is 5.80. The lowest BCUT2D eigenvalue weighted by atomic mass is 9.96. The molecule has 4 rings (SSSR count). The molecule has 2 aromatic rings. The lowest BCUT2D eigenvalue weighted by Gasteiger charge is -2.34. The fourth-order valence-electron chi connectivity index (χ4n) is 4.21. The summed E-state index contributed by atoms with van der Waals surface area (Å²) in [6.07, 6.45) is 0.716. The van der Waals surface area contributed by atoms with Crippen LogP contribution in [0.3, 0.4) is 0 Å². The van der Waals surface area contributed by atoms with E-state index < -0.39 is 24.3 Å². The minimum absolute atomic E-state index is 0.331. The van der Waals surface area contributed by atoms with Crippen LogP contribution >= 0.6 is 0 Å². The van der Waals surface area contributed by atoms with E-state index in [-0.39, 0.29) is 0 Å². The van der Waals surface area contributed by atoms with Gasteiger partial charge in [0, 0.05) is 44.4 Å². The number of aromatic nitrogens is 4. The predicted octanol–water partition coefficient (Wildman–Crippen LogP) is 3.88. The molecule has 2 aliphatic rings. The van der Waals surface area contributed by atoms with E-state index in [1.165, 1.54) is 36.9 Å². The van der Waals surface area contributed by atoms with Crippen molar-refractivity contribution in [2.45, 2.75) is 57.0 Å². The molecule has 212 valence electrons. The molecule has 1 aliphatic carbocycles. The molecule has 2 aromatic heterocycles. The Morgan fingerprint density at radius 2 is 1.66 bits per heavy atom. The zero-order chi connectivity index (χ0) is 28.5. The van der Waals surface area contributed by atoms with Crippen LogP contribution in [0, 0.1) is 5.92 Å². The van der Waals surface area contributed by atoms with Crippen molar-refractivity contribution in [1.29, 1.82) is 0 Å². The molecule has 1 saturated carbocycles. The van der Waals surface area contributed by atoms with E-state index in [1.54, 1.807) is 19.6 Å². The average Bonchev–Trinajstić information content (AvgIpc) is 3.50. The maximum absolute atomic E-state index is 10.6. The first-order valence-electron chi connectivity index (χ1n) is 11.4. The van der Waals surface area contributed by atoms with Crippen LogP contribution in [-0.2, 0) is 27.4 Å². The van der Waals surface area contributed by atoms with Gasteiger partial charge in [0.25, 0.3) is 0 Å². The molecule has 16 heteroatoms. The minimum atomic E-state index is -5.08. The Hall–Kier alpha value is -3.43. The summed E-state index contributed by atoms with van der Waals surface area (Å²) in [7, 11) is 1.78. The molecular formula is C22H27F6N5O5. The number of carboxylic acids is 2. The zero-order valence-corrected chi connectivity index (χ0v) is 20.2. The van der Waals surface area contributed by atoms with Crippen molar-refractivity contribution in [3.63, 3.8) is 0 Å². The van der Waals surface area contributed by atoms with Crippen molar-refractivity contribution in [3.8, 4) is 0 Å². The maximum Gasteiger partial charge on any atom is 0.490 e.